The number of aliphatic hydroxyl groups excluding tert-OH is 1. The van der Waals surface area contributed by atoms with Crippen LogP contribution in [0.25, 0.3) is 0 Å². The van der Waals surface area contributed by atoms with Gasteiger partial charge in [0.25, 0.3) is 0 Å². The van der Waals surface area contributed by atoms with E-state index < -0.39 is 0 Å². The number of hydrogen-bond acceptors (Lipinski definition) is 3. The van der Waals surface area contributed by atoms with Crippen LogP contribution in [0, 0.1) is 5.41 Å². The first-order valence-electron chi connectivity index (χ1n) is 7.31. The van der Waals surface area contributed by atoms with Crippen LogP contribution in [0.3, 0.4) is 0 Å². The van der Waals surface area contributed by atoms with Crippen LogP contribution in [0.5, 0.6) is 5.75 Å². The SMILES string of the molecule is COc1ccc(C(C)C(C)NCC(O)C(C)(C)C)cc1. The zero-order valence-electron chi connectivity index (χ0n) is 13.6. The summed E-state index contributed by atoms with van der Waals surface area (Å²) >= 11 is 0. The molecule has 3 nitrogen and oxygen atoms in total. The van der Waals surface area contributed by atoms with Crippen molar-refractivity contribution >= 4 is 0 Å². The minimum atomic E-state index is -0.340. The van der Waals surface area contributed by atoms with Crippen LogP contribution in [0.1, 0.15) is 46.1 Å². The summed E-state index contributed by atoms with van der Waals surface area (Å²) in [4.78, 5) is 0. The van der Waals surface area contributed by atoms with Crippen molar-refractivity contribution < 1.29 is 9.84 Å². The molecule has 3 unspecified atom stereocenters. The molecule has 3 atom stereocenters. The van der Waals surface area contributed by atoms with Gasteiger partial charge in [-0.25, -0.2) is 0 Å². The third-order valence-electron chi connectivity index (χ3n) is 4.02. The highest BCUT2D eigenvalue weighted by Crippen LogP contribution is 2.23. The molecule has 0 saturated carbocycles. The average molecular weight is 279 g/mol. The van der Waals surface area contributed by atoms with E-state index in [0.29, 0.717) is 18.5 Å². The summed E-state index contributed by atoms with van der Waals surface area (Å²) in [5.41, 5.74) is 1.19. The van der Waals surface area contributed by atoms with E-state index in [-0.39, 0.29) is 11.5 Å². The number of methoxy groups -OCH3 is 1. The van der Waals surface area contributed by atoms with Crippen molar-refractivity contribution in [2.45, 2.75) is 52.7 Å². The molecule has 1 aromatic rings. The highest BCUT2D eigenvalue weighted by molar-refractivity contribution is 5.29. The maximum absolute atomic E-state index is 10.1. The molecule has 0 aliphatic heterocycles. The van der Waals surface area contributed by atoms with E-state index in [1.54, 1.807) is 7.11 Å². The highest BCUT2D eigenvalue weighted by Gasteiger charge is 2.23. The zero-order chi connectivity index (χ0) is 15.3. The number of ether oxygens (including phenoxy) is 1. The first-order chi connectivity index (χ1) is 9.25. The molecule has 0 radical (unpaired) electrons. The van der Waals surface area contributed by atoms with Crippen LogP contribution >= 0.6 is 0 Å². The van der Waals surface area contributed by atoms with Crippen LogP contribution in [-0.2, 0) is 0 Å². The molecule has 114 valence electrons. The van der Waals surface area contributed by atoms with E-state index in [4.69, 9.17) is 4.74 Å². The molecule has 3 heteroatoms. The molecule has 0 amide bonds. The molecule has 0 spiro atoms. The van der Waals surface area contributed by atoms with Crippen molar-refractivity contribution in [3.05, 3.63) is 29.8 Å². The van der Waals surface area contributed by atoms with Gasteiger partial charge < -0.3 is 15.2 Å². The van der Waals surface area contributed by atoms with E-state index in [9.17, 15) is 5.11 Å². The van der Waals surface area contributed by atoms with Gasteiger partial charge in [0, 0.05) is 12.6 Å². The molecule has 0 aliphatic rings. The normalized spacial score (nSPS) is 16.6. The summed E-state index contributed by atoms with van der Waals surface area (Å²) in [6.45, 7) is 11.1. The Bertz CT molecular complexity index is 394. The first-order valence-corrected chi connectivity index (χ1v) is 7.31. The Hall–Kier alpha value is -1.06. The van der Waals surface area contributed by atoms with Crippen LogP contribution in [0.15, 0.2) is 24.3 Å². The summed E-state index contributed by atoms with van der Waals surface area (Å²) in [5, 5.41) is 13.5. The van der Waals surface area contributed by atoms with Gasteiger partial charge in [-0.1, -0.05) is 39.8 Å². The molecular formula is C17H29NO2. The van der Waals surface area contributed by atoms with Gasteiger partial charge in [0.05, 0.1) is 13.2 Å². The van der Waals surface area contributed by atoms with Gasteiger partial charge in [0.1, 0.15) is 5.75 Å². The Morgan fingerprint density at radius 2 is 1.70 bits per heavy atom. The predicted molar refractivity (Wildman–Crippen MR) is 84.3 cm³/mol. The fourth-order valence-corrected chi connectivity index (χ4v) is 1.98. The van der Waals surface area contributed by atoms with Gasteiger partial charge in [-0.05, 0) is 36.0 Å². The molecular weight excluding hydrogens is 250 g/mol. The topological polar surface area (TPSA) is 41.5 Å². The zero-order valence-corrected chi connectivity index (χ0v) is 13.6. The summed E-state index contributed by atoms with van der Waals surface area (Å²) in [6, 6.07) is 8.48. The van der Waals surface area contributed by atoms with E-state index in [1.807, 2.05) is 12.1 Å². The standard InChI is InChI=1S/C17H29NO2/c1-12(14-7-9-15(20-6)10-8-14)13(2)18-11-16(19)17(3,4)5/h7-10,12-13,16,18-19H,11H2,1-6H3. The number of hydrogen-bond donors (Lipinski definition) is 2. The lowest BCUT2D eigenvalue weighted by Gasteiger charge is -2.29. The molecule has 20 heavy (non-hydrogen) atoms. The van der Waals surface area contributed by atoms with E-state index >= 15 is 0 Å². The van der Waals surface area contributed by atoms with Crippen molar-refractivity contribution in [2.75, 3.05) is 13.7 Å². The summed E-state index contributed by atoms with van der Waals surface area (Å²) in [7, 11) is 1.68. The molecule has 0 aromatic heterocycles. The Labute approximate surface area is 123 Å². The quantitative estimate of drug-likeness (QED) is 0.840. The molecule has 2 N–H and O–H groups in total. The molecule has 1 aromatic carbocycles. The maximum Gasteiger partial charge on any atom is 0.118 e. The molecule has 0 fully saturated rings. The van der Waals surface area contributed by atoms with Crippen molar-refractivity contribution in [3.63, 3.8) is 0 Å². The lowest BCUT2D eigenvalue weighted by molar-refractivity contribution is 0.0603. The largest absolute Gasteiger partial charge is 0.497 e. The Kier molecular flexibility index (Phi) is 6.03. The molecule has 0 heterocycles. The number of benzene rings is 1. The number of rotatable bonds is 6. The van der Waals surface area contributed by atoms with E-state index in [1.165, 1.54) is 5.56 Å². The molecule has 0 aliphatic carbocycles. The van der Waals surface area contributed by atoms with E-state index in [0.717, 1.165) is 5.75 Å². The molecule has 1 rings (SSSR count). The minimum absolute atomic E-state index is 0.0872. The fraction of sp³-hybridized carbons (Fsp3) is 0.647. The van der Waals surface area contributed by atoms with Crippen molar-refractivity contribution in [1.82, 2.24) is 5.32 Å². The van der Waals surface area contributed by atoms with Crippen LogP contribution in [-0.4, -0.2) is 30.9 Å². The summed E-state index contributed by atoms with van der Waals surface area (Å²) in [6.07, 6.45) is -0.340. The first kappa shape index (κ1) is 17.0. The second-order valence-electron chi connectivity index (χ2n) is 6.64. The summed E-state index contributed by atoms with van der Waals surface area (Å²) < 4.78 is 5.18. The van der Waals surface area contributed by atoms with Gasteiger partial charge in [-0.3, -0.25) is 0 Å². The lowest BCUT2D eigenvalue weighted by atomic mass is 9.88. The Morgan fingerprint density at radius 1 is 1.15 bits per heavy atom. The van der Waals surface area contributed by atoms with Gasteiger partial charge >= 0.3 is 0 Å². The third-order valence-corrected chi connectivity index (χ3v) is 4.02. The Balaban J connectivity index is 2.55. The second kappa shape index (κ2) is 7.09. The highest BCUT2D eigenvalue weighted by atomic mass is 16.5. The molecule has 0 bridgehead atoms. The van der Waals surface area contributed by atoms with Gasteiger partial charge in [-0.15, -0.1) is 0 Å². The smallest absolute Gasteiger partial charge is 0.118 e. The van der Waals surface area contributed by atoms with Crippen molar-refractivity contribution in [3.8, 4) is 5.75 Å². The average Bonchev–Trinajstić information content (AvgIpc) is 2.42. The lowest BCUT2D eigenvalue weighted by Crippen LogP contribution is -2.41. The van der Waals surface area contributed by atoms with E-state index in [2.05, 4.69) is 52.1 Å². The van der Waals surface area contributed by atoms with Crippen LogP contribution in [0.2, 0.25) is 0 Å². The monoisotopic (exact) mass is 279 g/mol. The number of nitrogens with one attached hydrogen (secondary N) is 1. The third kappa shape index (κ3) is 4.80. The summed E-state index contributed by atoms with van der Waals surface area (Å²) in [5.74, 6) is 1.26. The second-order valence-corrected chi connectivity index (χ2v) is 6.64. The van der Waals surface area contributed by atoms with Crippen LogP contribution in [0.4, 0.5) is 0 Å². The van der Waals surface area contributed by atoms with Gasteiger partial charge in [0.2, 0.25) is 0 Å². The maximum atomic E-state index is 10.1. The van der Waals surface area contributed by atoms with Crippen molar-refractivity contribution in [1.29, 1.82) is 0 Å². The van der Waals surface area contributed by atoms with Crippen LogP contribution < -0.4 is 10.1 Å². The van der Waals surface area contributed by atoms with Gasteiger partial charge in [0.15, 0.2) is 0 Å². The van der Waals surface area contributed by atoms with Gasteiger partial charge in [-0.2, -0.15) is 0 Å². The minimum Gasteiger partial charge on any atom is -0.497 e. The Morgan fingerprint density at radius 3 is 2.15 bits per heavy atom. The number of aliphatic hydroxyl groups is 1. The van der Waals surface area contributed by atoms with Crippen molar-refractivity contribution in [2.24, 2.45) is 5.41 Å². The molecule has 0 saturated heterocycles. The fourth-order valence-electron chi connectivity index (χ4n) is 1.98. The predicted octanol–water partition coefficient (Wildman–Crippen LogP) is 3.18.